The molecule has 0 aliphatic rings. The summed E-state index contributed by atoms with van der Waals surface area (Å²) in [5, 5.41) is 27.7. The number of hydrogen-bond donors (Lipinski definition) is 3. The Bertz CT molecular complexity index is 344. The average Bonchev–Trinajstić information content (AvgIpc) is 2.37. The largest absolute Gasteiger partial charge is 0.481 e. The predicted octanol–water partition coefficient (Wildman–Crippen LogP) is 1.84. The van der Waals surface area contributed by atoms with Crippen molar-refractivity contribution in [3.63, 3.8) is 0 Å². The fourth-order valence-electron chi connectivity index (χ4n) is 2.13. The lowest BCUT2D eigenvalue weighted by Gasteiger charge is -2.25. The summed E-state index contributed by atoms with van der Waals surface area (Å²) in [6.45, 7) is 3.89. The van der Waals surface area contributed by atoms with Crippen LogP contribution in [-0.4, -0.2) is 38.6 Å². The van der Waals surface area contributed by atoms with E-state index < -0.39 is 35.7 Å². The first-order valence-electron chi connectivity index (χ1n) is 7.01. The van der Waals surface area contributed by atoms with Gasteiger partial charge in [0.25, 0.3) is 0 Å². The minimum atomic E-state index is -2.82. The first-order valence-corrected chi connectivity index (χ1v) is 7.01. The van der Waals surface area contributed by atoms with E-state index in [1.807, 2.05) is 13.8 Å². The van der Waals surface area contributed by atoms with E-state index in [2.05, 4.69) is 0 Å². The normalized spacial score (nSPS) is 14.0. The molecule has 0 bridgehead atoms. The molecule has 6 heteroatoms. The SMILES string of the molecule is CCCCC(CCCC)C(=O)C(O)(CC(=O)O)C(=O)O. The standard InChI is InChI=1S/C14H24O6/c1-3-5-7-10(8-6-4-2)12(17)14(20,13(18)19)9-11(15)16/h10,20H,3-9H2,1-2H3,(H,15,16)(H,18,19). The summed E-state index contributed by atoms with van der Waals surface area (Å²) in [7, 11) is 0. The van der Waals surface area contributed by atoms with E-state index in [0.717, 1.165) is 25.7 Å². The van der Waals surface area contributed by atoms with Crippen LogP contribution in [-0.2, 0) is 14.4 Å². The zero-order valence-corrected chi connectivity index (χ0v) is 12.1. The number of ketones is 1. The first-order chi connectivity index (χ1) is 9.29. The maximum atomic E-state index is 12.3. The molecular formula is C14H24O6. The van der Waals surface area contributed by atoms with Crippen molar-refractivity contribution in [1.82, 2.24) is 0 Å². The quantitative estimate of drug-likeness (QED) is 0.500. The highest BCUT2D eigenvalue weighted by molar-refractivity contribution is 6.09. The molecule has 0 aromatic carbocycles. The molecule has 116 valence electrons. The minimum Gasteiger partial charge on any atom is -0.481 e. The van der Waals surface area contributed by atoms with Gasteiger partial charge < -0.3 is 15.3 Å². The number of carboxylic acid groups (broad SMARTS) is 2. The number of carbonyl (C=O) groups excluding carboxylic acids is 1. The third kappa shape index (κ3) is 5.28. The van der Waals surface area contributed by atoms with Gasteiger partial charge in [-0.1, -0.05) is 39.5 Å². The molecule has 1 atom stereocenters. The van der Waals surface area contributed by atoms with Crippen LogP contribution >= 0.6 is 0 Å². The molecule has 0 spiro atoms. The van der Waals surface area contributed by atoms with Gasteiger partial charge in [0.05, 0.1) is 6.42 Å². The molecule has 20 heavy (non-hydrogen) atoms. The minimum absolute atomic E-state index is 0.477. The Balaban J connectivity index is 5.12. The maximum absolute atomic E-state index is 12.3. The first kappa shape index (κ1) is 18.6. The Morgan fingerprint density at radius 3 is 1.75 bits per heavy atom. The molecule has 3 N–H and O–H groups in total. The summed E-state index contributed by atoms with van der Waals surface area (Å²) in [4.78, 5) is 34.1. The van der Waals surface area contributed by atoms with Gasteiger partial charge in [-0.2, -0.15) is 0 Å². The van der Waals surface area contributed by atoms with Crippen molar-refractivity contribution in [2.75, 3.05) is 0 Å². The Morgan fingerprint density at radius 1 is 1.00 bits per heavy atom. The van der Waals surface area contributed by atoms with Crippen LogP contribution in [0, 0.1) is 5.92 Å². The second-order valence-electron chi connectivity index (χ2n) is 5.08. The molecule has 0 saturated heterocycles. The summed E-state index contributed by atoms with van der Waals surface area (Å²) in [5.74, 6) is -4.78. The van der Waals surface area contributed by atoms with Crippen LogP contribution in [0.1, 0.15) is 58.8 Å². The fraction of sp³-hybridized carbons (Fsp3) is 0.786. The van der Waals surface area contributed by atoms with Gasteiger partial charge in [0.15, 0.2) is 5.78 Å². The van der Waals surface area contributed by atoms with Gasteiger partial charge in [-0.25, -0.2) is 4.79 Å². The lowest BCUT2D eigenvalue weighted by atomic mass is 9.81. The molecule has 0 aliphatic heterocycles. The Labute approximate surface area is 118 Å². The van der Waals surface area contributed by atoms with Crippen molar-refractivity contribution in [1.29, 1.82) is 0 Å². The predicted molar refractivity (Wildman–Crippen MR) is 72.4 cm³/mol. The molecule has 0 heterocycles. The van der Waals surface area contributed by atoms with Gasteiger partial charge in [0.1, 0.15) is 0 Å². The summed E-state index contributed by atoms with van der Waals surface area (Å²) >= 11 is 0. The van der Waals surface area contributed by atoms with Gasteiger partial charge in [-0.3, -0.25) is 9.59 Å². The molecular weight excluding hydrogens is 264 g/mol. The molecule has 0 fully saturated rings. The van der Waals surface area contributed by atoms with E-state index in [1.54, 1.807) is 0 Å². The molecule has 0 aliphatic carbocycles. The van der Waals surface area contributed by atoms with Gasteiger partial charge >= 0.3 is 11.9 Å². The fourth-order valence-corrected chi connectivity index (χ4v) is 2.13. The van der Waals surface area contributed by atoms with Crippen LogP contribution in [0.25, 0.3) is 0 Å². The van der Waals surface area contributed by atoms with Crippen molar-refractivity contribution in [2.45, 2.75) is 64.4 Å². The summed E-state index contributed by atoms with van der Waals surface area (Å²) in [6, 6.07) is 0. The molecule has 1 unspecified atom stereocenters. The summed E-state index contributed by atoms with van der Waals surface area (Å²) in [6.07, 6.45) is 3.03. The topological polar surface area (TPSA) is 112 Å². The highest BCUT2D eigenvalue weighted by Gasteiger charge is 2.48. The zero-order valence-electron chi connectivity index (χ0n) is 12.1. The second kappa shape index (κ2) is 8.68. The summed E-state index contributed by atoms with van der Waals surface area (Å²) < 4.78 is 0. The van der Waals surface area contributed by atoms with Gasteiger partial charge in [-0.05, 0) is 12.8 Å². The van der Waals surface area contributed by atoms with Crippen LogP contribution < -0.4 is 0 Å². The molecule has 0 radical (unpaired) electrons. The molecule has 6 nitrogen and oxygen atoms in total. The summed E-state index contributed by atoms with van der Waals surface area (Å²) in [5.41, 5.74) is -2.82. The third-order valence-electron chi connectivity index (χ3n) is 3.35. The van der Waals surface area contributed by atoms with E-state index in [9.17, 15) is 19.5 Å². The van der Waals surface area contributed by atoms with E-state index in [4.69, 9.17) is 10.2 Å². The molecule has 0 saturated carbocycles. The number of carboxylic acids is 2. The number of carbonyl (C=O) groups is 3. The number of unbranched alkanes of at least 4 members (excludes halogenated alkanes) is 2. The highest BCUT2D eigenvalue weighted by Crippen LogP contribution is 2.25. The van der Waals surface area contributed by atoms with E-state index in [-0.39, 0.29) is 0 Å². The van der Waals surface area contributed by atoms with Crippen LogP contribution in [0.15, 0.2) is 0 Å². The van der Waals surface area contributed by atoms with Crippen LogP contribution in [0.4, 0.5) is 0 Å². The lowest BCUT2D eigenvalue weighted by molar-refractivity contribution is -0.172. The highest BCUT2D eigenvalue weighted by atomic mass is 16.4. The van der Waals surface area contributed by atoms with Crippen molar-refractivity contribution in [2.24, 2.45) is 5.92 Å². The maximum Gasteiger partial charge on any atom is 0.344 e. The van der Waals surface area contributed by atoms with Crippen molar-refractivity contribution in [3.8, 4) is 0 Å². The second-order valence-corrected chi connectivity index (χ2v) is 5.08. The zero-order chi connectivity index (χ0) is 15.8. The van der Waals surface area contributed by atoms with Gasteiger partial charge in [-0.15, -0.1) is 0 Å². The van der Waals surface area contributed by atoms with Crippen LogP contribution in [0.2, 0.25) is 0 Å². The van der Waals surface area contributed by atoms with Crippen molar-refractivity contribution < 1.29 is 29.7 Å². The number of aliphatic hydroxyl groups is 1. The monoisotopic (exact) mass is 288 g/mol. The number of Topliss-reactive ketones (excluding diaryl/α,β-unsaturated/α-hetero) is 1. The lowest BCUT2D eigenvalue weighted by Crippen LogP contribution is -2.51. The molecule has 0 aromatic rings. The third-order valence-corrected chi connectivity index (χ3v) is 3.35. The van der Waals surface area contributed by atoms with Gasteiger partial charge in [0, 0.05) is 5.92 Å². The van der Waals surface area contributed by atoms with Gasteiger partial charge in [0.2, 0.25) is 5.60 Å². The molecule has 0 aromatic heterocycles. The number of aliphatic carboxylic acids is 2. The Morgan fingerprint density at radius 2 is 1.45 bits per heavy atom. The van der Waals surface area contributed by atoms with E-state index >= 15 is 0 Å². The molecule has 0 rings (SSSR count). The number of rotatable bonds is 11. The average molecular weight is 288 g/mol. The molecule has 0 amide bonds. The van der Waals surface area contributed by atoms with Crippen LogP contribution in [0.5, 0.6) is 0 Å². The van der Waals surface area contributed by atoms with E-state index in [0.29, 0.717) is 12.8 Å². The van der Waals surface area contributed by atoms with Crippen molar-refractivity contribution in [3.05, 3.63) is 0 Å². The Kier molecular flexibility index (Phi) is 8.06. The smallest absolute Gasteiger partial charge is 0.344 e. The van der Waals surface area contributed by atoms with Crippen molar-refractivity contribution >= 4 is 17.7 Å². The van der Waals surface area contributed by atoms with E-state index in [1.165, 1.54) is 0 Å². The Hall–Kier alpha value is -1.43. The number of hydrogen-bond acceptors (Lipinski definition) is 4. The van der Waals surface area contributed by atoms with Crippen LogP contribution in [0.3, 0.4) is 0 Å².